The Morgan fingerprint density at radius 2 is 2.12 bits per heavy atom. The van der Waals surface area contributed by atoms with Gasteiger partial charge in [-0.3, -0.25) is 9.69 Å². The number of ether oxygens (including phenoxy) is 1. The van der Waals surface area contributed by atoms with Crippen LogP contribution in [0.15, 0.2) is 23.6 Å². The van der Waals surface area contributed by atoms with Crippen LogP contribution in [0.2, 0.25) is 0 Å². The van der Waals surface area contributed by atoms with Crippen molar-refractivity contribution in [2.24, 2.45) is 0 Å². The van der Waals surface area contributed by atoms with Gasteiger partial charge in [-0.25, -0.2) is 4.98 Å². The smallest absolute Gasteiger partial charge is 0.228 e. The van der Waals surface area contributed by atoms with Crippen LogP contribution in [-0.4, -0.2) is 53.5 Å². The maximum Gasteiger partial charge on any atom is 0.228 e. The molecule has 1 amide bonds. The molecule has 0 N–H and O–H groups in total. The topological polar surface area (TPSA) is 45.7 Å². The van der Waals surface area contributed by atoms with Crippen molar-refractivity contribution in [2.45, 2.75) is 26.3 Å². The molecule has 2 aliphatic heterocycles. The molecule has 0 bridgehead atoms. The molecule has 4 rings (SSSR count). The summed E-state index contributed by atoms with van der Waals surface area (Å²) in [6, 6.07) is 6.52. The average molecular weight is 357 g/mol. The zero-order chi connectivity index (χ0) is 17.2. The molecule has 132 valence electrons. The summed E-state index contributed by atoms with van der Waals surface area (Å²) in [5, 5.41) is 3.01. The van der Waals surface area contributed by atoms with E-state index in [1.54, 1.807) is 11.3 Å². The van der Waals surface area contributed by atoms with Gasteiger partial charge in [-0.1, -0.05) is 12.1 Å². The summed E-state index contributed by atoms with van der Waals surface area (Å²) in [6.45, 7) is 7.18. The lowest BCUT2D eigenvalue weighted by Crippen LogP contribution is -2.48. The van der Waals surface area contributed by atoms with Gasteiger partial charge in [0.2, 0.25) is 5.91 Å². The van der Waals surface area contributed by atoms with Crippen molar-refractivity contribution >= 4 is 17.2 Å². The summed E-state index contributed by atoms with van der Waals surface area (Å²) in [6.07, 6.45) is 1.44. The summed E-state index contributed by atoms with van der Waals surface area (Å²) in [7, 11) is 0. The van der Waals surface area contributed by atoms with E-state index in [9.17, 15) is 4.79 Å². The fraction of sp³-hybridized carbons (Fsp3) is 0.474. The van der Waals surface area contributed by atoms with E-state index in [0.717, 1.165) is 62.2 Å². The number of rotatable bonds is 4. The Kier molecular flexibility index (Phi) is 4.72. The zero-order valence-corrected chi connectivity index (χ0v) is 15.3. The minimum Gasteiger partial charge on any atom is -0.493 e. The van der Waals surface area contributed by atoms with Gasteiger partial charge in [-0.15, -0.1) is 11.3 Å². The zero-order valence-electron chi connectivity index (χ0n) is 14.5. The number of carbonyl (C=O) groups excluding carboxylic acids is 1. The number of aromatic nitrogens is 1. The second kappa shape index (κ2) is 7.14. The van der Waals surface area contributed by atoms with Crippen LogP contribution in [0.25, 0.3) is 0 Å². The van der Waals surface area contributed by atoms with E-state index in [0.29, 0.717) is 6.42 Å². The Morgan fingerprint density at radius 1 is 1.28 bits per heavy atom. The third-order valence-corrected chi connectivity index (χ3v) is 5.71. The third kappa shape index (κ3) is 3.85. The minimum absolute atomic E-state index is 0.194. The normalized spacial score (nSPS) is 17.4. The number of hydrogen-bond donors (Lipinski definition) is 0. The van der Waals surface area contributed by atoms with E-state index in [1.807, 2.05) is 17.2 Å². The number of thiazole rings is 1. The van der Waals surface area contributed by atoms with E-state index in [1.165, 1.54) is 11.1 Å². The number of hydrogen-bond acceptors (Lipinski definition) is 5. The van der Waals surface area contributed by atoms with E-state index < -0.39 is 0 Å². The van der Waals surface area contributed by atoms with Gasteiger partial charge in [0.05, 0.1) is 23.7 Å². The number of amides is 1. The number of benzene rings is 1. The number of nitrogens with zero attached hydrogens (tertiary/aromatic N) is 3. The van der Waals surface area contributed by atoms with Crippen molar-refractivity contribution < 1.29 is 9.53 Å². The number of carbonyl (C=O) groups is 1. The summed E-state index contributed by atoms with van der Waals surface area (Å²) >= 11 is 1.60. The predicted octanol–water partition coefficient (Wildman–Crippen LogP) is 2.27. The highest BCUT2D eigenvalue weighted by molar-refractivity contribution is 7.09. The predicted molar refractivity (Wildman–Crippen MR) is 98.1 cm³/mol. The lowest BCUT2D eigenvalue weighted by molar-refractivity contribution is -0.132. The second-order valence-electron chi connectivity index (χ2n) is 6.73. The fourth-order valence-corrected chi connectivity index (χ4v) is 4.12. The van der Waals surface area contributed by atoms with Crippen LogP contribution < -0.4 is 4.74 Å². The second-order valence-corrected chi connectivity index (χ2v) is 7.79. The van der Waals surface area contributed by atoms with Crippen LogP contribution >= 0.6 is 11.3 Å². The van der Waals surface area contributed by atoms with Crippen molar-refractivity contribution in [3.05, 3.63) is 45.4 Å². The summed E-state index contributed by atoms with van der Waals surface area (Å²) in [4.78, 5) is 21.2. The molecule has 1 saturated heterocycles. The number of piperazine rings is 1. The van der Waals surface area contributed by atoms with Crippen LogP contribution in [0, 0.1) is 6.92 Å². The Hall–Kier alpha value is -1.92. The molecule has 6 heteroatoms. The molecule has 1 aromatic heterocycles. The van der Waals surface area contributed by atoms with Crippen molar-refractivity contribution in [1.29, 1.82) is 0 Å². The Labute approximate surface area is 152 Å². The van der Waals surface area contributed by atoms with Crippen molar-refractivity contribution in [2.75, 3.05) is 32.8 Å². The molecule has 0 atom stereocenters. The van der Waals surface area contributed by atoms with Gasteiger partial charge in [0.25, 0.3) is 0 Å². The molecular weight excluding hydrogens is 334 g/mol. The highest BCUT2D eigenvalue weighted by atomic mass is 32.1. The molecule has 3 heterocycles. The van der Waals surface area contributed by atoms with E-state index >= 15 is 0 Å². The standard InChI is InChI=1S/C19H23N3O2S/c1-14-20-17(13-25-14)11-19(23)22-7-5-21(6-8-22)12-15-2-3-18-16(10-15)4-9-24-18/h2-3,10,13H,4-9,11-12H2,1H3. The average Bonchev–Trinajstić information content (AvgIpc) is 3.24. The molecule has 25 heavy (non-hydrogen) atoms. The number of fused-ring (bicyclic) bond motifs is 1. The van der Waals surface area contributed by atoms with Gasteiger partial charge in [0, 0.05) is 44.5 Å². The first-order chi connectivity index (χ1) is 12.2. The van der Waals surface area contributed by atoms with Crippen LogP contribution in [0.1, 0.15) is 21.8 Å². The first-order valence-corrected chi connectivity index (χ1v) is 9.71. The molecule has 0 spiro atoms. The molecule has 1 fully saturated rings. The monoisotopic (exact) mass is 357 g/mol. The van der Waals surface area contributed by atoms with Gasteiger partial charge in [0.1, 0.15) is 5.75 Å². The third-order valence-electron chi connectivity index (χ3n) is 4.88. The molecule has 5 nitrogen and oxygen atoms in total. The van der Waals surface area contributed by atoms with Crippen LogP contribution in [0.4, 0.5) is 0 Å². The highest BCUT2D eigenvalue weighted by Crippen LogP contribution is 2.26. The molecule has 2 aromatic rings. The lowest BCUT2D eigenvalue weighted by Gasteiger charge is -2.34. The first-order valence-electron chi connectivity index (χ1n) is 8.83. The van der Waals surface area contributed by atoms with Crippen LogP contribution in [-0.2, 0) is 24.2 Å². The highest BCUT2D eigenvalue weighted by Gasteiger charge is 2.22. The van der Waals surface area contributed by atoms with Crippen LogP contribution in [0.3, 0.4) is 0 Å². The quantitative estimate of drug-likeness (QED) is 0.842. The molecule has 0 aliphatic carbocycles. The van der Waals surface area contributed by atoms with Gasteiger partial charge in [-0.2, -0.15) is 0 Å². The Balaban J connectivity index is 1.28. The van der Waals surface area contributed by atoms with Gasteiger partial charge < -0.3 is 9.64 Å². The SMILES string of the molecule is Cc1nc(CC(=O)N2CCN(Cc3ccc4c(c3)CCO4)CC2)cs1. The lowest BCUT2D eigenvalue weighted by atomic mass is 10.1. The van der Waals surface area contributed by atoms with Gasteiger partial charge in [0.15, 0.2) is 0 Å². The summed E-state index contributed by atoms with van der Waals surface area (Å²) in [5.41, 5.74) is 3.56. The Bertz CT molecular complexity index is 766. The van der Waals surface area contributed by atoms with Gasteiger partial charge >= 0.3 is 0 Å². The Morgan fingerprint density at radius 3 is 2.88 bits per heavy atom. The van der Waals surface area contributed by atoms with E-state index in [-0.39, 0.29) is 5.91 Å². The summed E-state index contributed by atoms with van der Waals surface area (Å²) < 4.78 is 5.57. The number of aryl methyl sites for hydroxylation is 1. The molecule has 0 saturated carbocycles. The molecule has 0 radical (unpaired) electrons. The maximum absolute atomic E-state index is 12.4. The maximum atomic E-state index is 12.4. The van der Waals surface area contributed by atoms with E-state index in [4.69, 9.17) is 4.74 Å². The molecule has 1 aromatic carbocycles. The fourth-order valence-electron chi connectivity index (χ4n) is 3.51. The molecule has 0 unspecified atom stereocenters. The van der Waals surface area contributed by atoms with Crippen molar-refractivity contribution in [1.82, 2.24) is 14.8 Å². The molecule has 2 aliphatic rings. The molecular formula is C19H23N3O2S. The van der Waals surface area contributed by atoms with Crippen molar-refractivity contribution in [3.8, 4) is 5.75 Å². The minimum atomic E-state index is 0.194. The van der Waals surface area contributed by atoms with E-state index in [2.05, 4.69) is 28.1 Å². The first kappa shape index (κ1) is 16.5. The van der Waals surface area contributed by atoms with Crippen molar-refractivity contribution in [3.63, 3.8) is 0 Å². The van der Waals surface area contributed by atoms with Gasteiger partial charge in [-0.05, 0) is 24.1 Å². The largest absolute Gasteiger partial charge is 0.493 e. The summed E-state index contributed by atoms with van der Waals surface area (Å²) in [5.74, 6) is 1.23. The van der Waals surface area contributed by atoms with Crippen LogP contribution in [0.5, 0.6) is 5.75 Å².